The molecular weight excluding hydrogens is 388 g/mol. The molecule has 0 unspecified atom stereocenters. The smallest absolute Gasteiger partial charge is 0.233 e. The van der Waals surface area contributed by atoms with Crippen molar-refractivity contribution >= 4 is 45.7 Å². The summed E-state index contributed by atoms with van der Waals surface area (Å²) in [7, 11) is 0. The normalized spacial score (nSPS) is 13.4. The first-order chi connectivity index (χ1) is 13.7. The SMILES string of the molecule is C=CCN(Cc1cccs1)C(=O)CSc1nc(NC2CC2)c2ccccc2n1. The number of amides is 1. The molecule has 1 saturated carbocycles. The minimum atomic E-state index is 0.0618. The van der Waals surface area contributed by atoms with Gasteiger partial charge in [-0.3, -0.25) is 4.79 Å². The van der Waals surface area contributed by atoms with Crippen molar-refractivity contribution in [2.75, 3.05) is 17.6 Å². The molecule has 2 aromatic heterocycles. The molecule has 1 aliphatic carbocycles. The Kier molecular flexibility index (Phi) is 5.92. The standard InChI is InChI=1S/C21H22N4OS2/c1-2-11-25(13-16-6-5-12-27-16)19(26)14-28-21-23-18-8-4-3-7-17(18)20(24-21)22-15-9-10-15/h2-8,12,15H,1,9-11,13-14H2,(H,22,23,24). The molecule has 28 heavy (non-hydrogen) atoms. The molecule has 2 heterocycles. The van der Waals surface area contributed by atoms with Gasteiger partial charge in [0.25, 0.3) is 0 Å². The molecule has 1 fully saturated rings. The van der Waals surface area contributed by atoms with Crippen LogP contribution in [0, 0.1) is 0 Å². The molecule has 5 nitrogen and oxygen atoms in total. The van der Waals surface area contributed by atoms with Crippen LogP contribution in [-0.4, -0.2) is 39.1 Å². The number of fused-ring (bicyclic) bond motifs is 1. The highest BCUT2D eigenvalue weighted by molar-refractivity contribution is 7.99. The highest BCUT2D eigenvalue weighted by atomic mass is 32.2. The van der Waals surface area contributed by atoms with Crippen molar-refractivity contribution in [3.8, 4) is 0 Å². The Labute approximate surface area is 172 Å². The highest BCUT2D eigenvalue weighted by Crippen LogP contribution is 2.29. The minimum Gasteiger partial charge on any atom is -0.367 e. The number of hydrogen-bond acceptors (Lipinski definition) is 6. The number of anilines is 1. The summed E-state index contributed by atoms with van der Waals surface area (Å²) in [4.78, 5) is 25.1. The maximum absolute atomic E-state index is 12.8. The Morgan fingerprint density at radius 2 is 2.14 bits per heavy atom. The lowest BCUT2D eigenvalue weighted by atomic mass is 10.2. The van der Waals surface area contributed by atoms with Gasteiger partial charge in [-0.2, -0.15) is 0 Å². The Hall–Kier alpha value is -2.38. The van der Waals surface area contributed by atoms with E-state index < -0.39 is 0 Å². The van der Waals surface area contributed by atoms with Gasteiger partial charge in [-0.25, -0.2) is 9.97 Å². The van der Waals surface area contributed by atoms with Crippen LogP contribution >= 0.6 is 23.1 Å². The molecule has 0 spiro atoms. The fraction of sp³-hybridized carbons (Fsp3) is 0.286. The average Bonchev–Trinajstić information content (AvgIpc) is 3.37. The van der Waals surface area contributed by atoms with Crippen molar-refractivity contribution in [2.24, 2.45) is 0 Å². The predicted octanol–water partition coefficient (Wildman–Crippen LogP) is 4.57. The zero-order valence-electron chi connectivity index (χ0n) is 15.5. The molecule has 144 valence electrons. The van der Waals surface area contributed by atoms with Crippen LogP contribution in [0.1, 0.15) is 17.7 Å². The molecule has 0 atom stereocenters. The van der Waals surface area contributed by atoms with E-state index >= 15 is 0 Å². The minimum absolute atomic E-state index is 0.0618. The highest BCUT2D eigenvalue weighted by Gasteiger charge is 2.23. The van der Waals surface area contributed by atoms with E-state index in [-0.39, 0.29) is 5.91 Å². The molecule has 0 bridgehead atoms. The summed E-state index contributed by atoms with van der Waals surface area (Å²) in [6, 6.07) is 12.5. The fourth-order valence-electron chi connectivity index (χ4n) is 2.87. The third-order valence-corrected chi connectivity index (χ3v) is 6.15. The van der Waals surface area contributed by atoms with Crippen LogP contribution in [0.5, 0.6) is 0 Å². The van der Waals surface area contributed by atoms with Crippen LogP contribution in [0.15, 0.2) is 59.6 Å². The van der Waals surface area contributed by atoms with Crippen molar-refractivity contribution in [1.82, 2.24) is 14.9 Å². The quantitative estimate of drug-likeness (QED) is 0.318. The predicted molar refractivity (Wildman–Crippen MR) is 117 cm³/mol. The van der Waals surface area contributed by atoms with Gasteiger partial charge in [0.1, 0.15) is 5.82 Å². The summed E-state index contributed by atoms with van der Waals surface area (Å²) in [6.45, 7) is 4.92. The van der Waals surface area contributed by atoms with E-state index in [1.54, 1.807) is 17.4 Å². The van der Waals surface area contributed by atoms with Gasteiger partial charge in [0, 0.05) is 22.8 Å². The number of hydrogen-bond donors (Lipinski definition) is 1. The summed E-state index contributed by atoms with van der Waals surface area (Å²) in [6.07, 6.45) is 4.12. The molecule has 1 aliphatic rings. The number of carbonyl (C=O) groups is 1. The van der Waals surface area contributed by atoms with Crippen molar-refractivity contribution in [2.45, 2.75) is 30.6 Å². The van der Waals surface area contributed by atoms with Crippen molar-refractivity contribution in [1.29, 1.82) is 0 Å². The number of para-hydroxylation sites is 1. The second kappa shape index (κ2) is 8.75. The lowest BCUT2D eigenvalue weighted by Gasteiger charge is -2.20. The molecule has 0 radical (unpaired) electrons. The first kappa shape index (κ1) is 19.0. The Morgan fingerprint density at radius 1 is 1.29 bits per heavy atom. The van der Waals surface area contributed by atoms with E-state index in [1.807, 2.05) is 46.7 Å². The summed E-state index contributed by atoms with van der Waals surface area (Å²) in [5.41, 5.74) is 0.900. The topological polar surface area (TPSA) is 58.1 Å². The molecule has 4 rings (SSSR count). The zero-order chi connectivity index (χ0) is 19.3. The van der Waals surface area contributed by atoms with Gasteiger partial charge >= 0.3 is 0 Å². The monoisotopic (exact) mass is 410 g/mol. The van der Waals surface area contributed by atoms with Crippen LogP contribution in [0.3, 0.4) is 0 Å². The van der Waals surface area contributed by atoms with Gasteiger partial charge in [-0.15, -0.1) is 17.9 Å². The summed E-state index contributed by atoms with van der Waals surface area (Å²) in [5.74, 6) is 1.23. The number of nitrogens with one attached hydrogen (secondary N) is 1. The molecule has 3 aromatic rings. The zero-order valence-corrected chi connectivity index (χ0v) is 17.1. The van der Waals surface area contributed by atoms with E-state index in [1.165, 1.54) is 24.6 Å². The second-order valence-corrected chi connectivity index (χ2v) is 8.70. The van der Waals surface area contributed by atoms with E-state index in [0.717, 1.165) is 21.6 Å². The molecule has 0 saturated heterocycles. The number of carbonyl (C=O) groups excluding carboxylic acids is 1. The third-order valence-electron chi connectivity index (χ3n) is 4.45. The number of benzene rings is 1. The fourth-order valence-corrected chi connectivity index (χ4v) is 4.34. The maximum atomic E-state index is 12.8. The van der Waals surface area contributed by atoms with Crippen LogP contribution in [0.2, 0.25) is 0 Å². The molecule has 1 amide bonds. The third kappa shape index (κ3) is 4.72. The molecule has 7 heteroatoms. The van der Waals surface area contributed by atoms with Crippen molar-refractivity contribution in [3.05, 3.63) is 59.3 Å². The van der Waals surface area contributed by atoms with Crippen molar-refractivity contribution < 1.29 is 4.79 Å². The van der Waals surface area contributed by atoms with Crippen LogP contribution in [0.4, 0.5) is 5.82 Å². The van der Waals surface area contributed by atoms with Crippen LogP contribution in [0.25, 0.3) is 10.9 Å². The lowest BCUT2D eigenvalue weighted by Crippen LogP contribution is -2.31. The summed E-state index contributed by atoms with van der Waals surface area (Å²) >= 11 is 3.04. The number of nitrogens with zero attached hydrogens (tertiary/aromatic N) is 3. The van der Waals surface area contributed by atoms with E-state index in [9.17, 15) is 4.79 Å². The number of aromatic nitrogens is 2. The lowest BCUT2D eigenvalue weighted by molar-refractivity contribution is -0.128. The second-order valence-electron chi connectivity index (χ2n) is 6.72. The molecule has 1 N–H and O–H groups in total. The van der Waals surface area contributed by atoms with Crippen molar-refractivity contribution in [3.63, 3.8) is 0 Å². The number of rotatable bonds is 9. The Balaban J connectivity index is 1.47. The first-order valence-corrected chi connectivity index (χ1v) is 11.2. The largest absolute Gasteiger partial charge is 0.367 e. The van der Waals surface area contributed by atoms with E-state index in [0.29, 0.717) is 30.0 Å². The summed E-state index contributed by atoms with van der Waals surface area (Å²) in [5, 5.41) is 7.17. The van der Waals surface area contributed by atoms with E-state index in [2.05, 4.69) is 21.9 Å². The van der Waals surface area contributed by atoms with Gasteiger partial charge in [0.15, 0.2) is 5.16 Å². The van der Waals surface area contributed by atoms with Crippen LogP contribution in [-0.2, 0) is 11.3 Å². The van der Waals surface area contributed by atoms with Crippen LogP contribution < -0.4 is 5.32 Å². The van der Waals surface area contributed by atoms with Gasteiger partial charge in [0.2, 0.25) is 5.91 Å². The van der Waals surface area contributed by atoms with Gasteiger partial charge in [0.05, 0.1) is 17.8 Å². The first-order valence-electron chi connectivity index (χ1n) is 9.30. The number of thioether (sulfide) groups is 1. The molecule has 1 aromatic carbocycles. The van der Waals surface area contributed by atoms with Gasteiger partial charge in [-0.05, 0) is 36.4 Å². The van der Waals surface area contributed by atoms with E-state index in [4.69, 9.17) is 0 Å². The Morgan fingerprint density at radius 3 is 2.89 bits per heavy atom. The molecule has 0 aliphatic heterocycles. The number of thiophene rings is 1. The van der Waals surface area contributed by atoms with Gasteiger partial charge < -0.3 is 10.2 Å². The summed E-state index contributed by atoms with van der Waals surface area (Å²) < 4.78 is 0. The molecular formula is C21H22N4OS2. The van der Waals surface area contributed by atoms with Gasteiger partial charge in [-0.1, -0.05) is 36.0 Å². The Bertz CT molecular complexity index is 970. The maximum Gasteiger partial charge on any atom is 0.233 e. The average molecular weight is 411 g/mol.